The Morgan fingerprint density at radius 1 is 1.10 bits per heavy atom. The number of nitrogens with one attached hydrogen (secondary N) is 2. The number of ether oxygens (including phenoxy) is 3. The van der Waals surface area contributed by atoms with E-state index in [4.69, 9.17) is 19.3 Å². The molecule has 3 aromatic rings. The number of benzene rings is 2. The molecular formula is C22H24N4O4. The van der Waals surface area contributed by atoms with Gasteiger partial charge in [0, 0.05) is 17.7 Å². The molecule has 2 aromatic carbocycles. The van der Waals surface area contributed by atoms with Crippen molar-refractivity contribution in [1.82, 2.24) is 20.4 Å². The van der Waals surface area contributed by atoms with E-state index in [1.54, 1.807) is 32.1 Å². The SMILES string of the molecule is COc1cccc(-c2cc3n(n2)C(NCc2cccc(OC)c2OC)CNC3=O)c1. The van der Waals surface area contributed by atoms with Gasteiger partial charge in [-0.25, -0.2) is 4.68 Å². The van der Waals surface area contributed by atoms with Crippen molar-refractivity contribution >= 4 is 5.91 Å². The predicted octanol–water partition coefficient (Wildman–Crippen LogP) is 2.61. The van der Waals surface area contributed by atoms with Crippen LogP contribution in [0.1, 0.15) is 22.2 Å². The maximum absolute atomic E-state index is 12.4. The third kappa shape index (κ3) is 3.69. The van der Waals surface area contributed by atoms with E-state index in [0.29, 0.717) is 36.0 Å². The van der Waals surface area contributed by atoms with Crippen LogP contribution in [0.15, 0.2) is 48.5 Å². The summed E-state index contributed by atoms with van der Waals surface area (Å²) in [5.41, 5.74) is 3.06. The molecule has 0 saturated heterocycles. The zero-order chi connectivity index (χ0) is 21.1. The molecule has 1 aromatic heterocycles. The second kappa shape index (κ2) is 8.46. The van der Waals surface area contributed by atoms with Gasteiger partial charge in [0.1, 0.15) is 17.6 Å². The Morgan fingerprint density at radius 3 is 2.70 bits per heavy atom. The van der Waals surface area contributed by atoms with Gasteiger partial charge in [0.2, 0.25) is 0 Å². The number of hydrogen-bond donors (Lipinski definition) is 2. The Bertz CT molecular complexity index is 1060. The van der Waals surface area contributed by atoms with Crippen molar-refractivity contribution in [2.75, 3.05) is 27.9 Å². The monoisotopic (exact) mass is 408 g/mol. The number of carbonyl (C=O) groups is 1. The van der Waals surface area contributed by atoms with Crippen LogP contribution in [-0.4, -0.2) is 43.6 Å². The number of nitrogens with zero attached hydrogens (tertiary/aromatic N) is 2. The highest BCUT2D eigenvalue weighted by Gasteiger charge is 2.27. The molecule has 1 unspecified atom stereocenters. The largest absolute Gasteiger partial charge is 0.497 e. The van der Waals surface area contributed by atoms with Crippen LogP contribution in [0.4, 0.5) is 0 Å². The Morgan fingerprint density at radius 2 is 1.93 bits per heavy atom. The number of para-hydroxylation sites is 1. The van der Waals surface area contributed by atoms with E-state index < -0.39 is 0 Å². The second-order valence-corrected chi connectivity index (χ2v) is 6.85. The lowest BCUT2D eigenvalue weighted by atomic mass is 10.1. The van der Waals surface area contributed by atoms with Gasteiger partial charge in [0.15, 0.2) is 11.5 Å². The van der Waals surface area contributed by atoms with E-state index >= 15 is 0 Å². The van der Waals surface area contributed by atoms with Crippen molar-refractivity contribution in [1.29, 1.82) is 0 Å². The molecule has 0 radical (unpaired) electrons. The van der Waals surface area contributed by atoms with Crippen molar-refractivity contribution in [3.8, 4) is 28.5 Å². The maximum Gasteiger partial charge on any atom is 0.269 e. The summed E-state index contributed by atoms with van der Waals surface area (Å²) in [6.45, 7) is 0.950. The van der Waals surface area contributed by atoms with Gasteiger partial charge in [-0.1, -0.05) is 24.3 Å². The minimum Gasteiger partial charge on any atom is -0.497 e. The van der Waals surface area contributed by atoms with E-state index in [1.165, 1.54) is 0 Å². The highest BCUT2D eigenvalue weighted by atomic mass is 16.5. The van der Waals surface area contributed by atoms with Crippen molar-refractivity contribution < 1.29 is 19.0 Å². The Kier molecular flexibility index (Phi) is 5.58. The van der Waals surface area contributed by atoms with Crippen molar-refractivity contribution in [2.45, 2.75) is 12.7 Å². The average Bonchev–Trinajstić information content (AvgIpc) is 3.25. The first-order chi connectivity index (χ1) is 14.6. The number of aromatic nitrogens is 2. The molecule has 0 aliphatic carbocycles. The van der Waals surface area contributed by atoms with E-state index in [-0.39, 0.29) is 12.1 Å². The fraction of sp³-hybridized carbons (Fsp3) is 0.273. The number of carbonyl (C=O) groups excluding carboxylic acids is 1. The summed E-state index contributed by atoms with van der Waals surface area (Å²) in [7, 11) is 4.85. The lowest BCUT2D eigenvalue weighted by molar-refractivity contribution is 0.0900. The summed E-state index contributed by atoms with van der Waals surface area (Å²) in [5.74, 6) is 1.95. The Hall–Kier alpha value is -3.52. The molecule has 0 saturated carbocycles. The highest BCUT2D eigenvalue weighted by Crippen LogP contribution is 2.31. The standard InChI is InChI=1S/C22H24N4O4/c1-28-16-8-4-6-14(10-16)17-11-18-22(27)24-13-20(26(18)25-17)23-12-15-7-5-9-19(29-2)21(15)30-3/h4-11,20,23H,12-13H2,1-3H3,(H,24,27). The molecule has 2 heterocycles. The fourth-order valence-electron chi connectivity index (χ4n) is 3.57. The average molecular weight is 408 g/mol. The lowest BCUT2D eigenvalue weighted by Gasteiger charge is -2.26. The molecule has 1 aliphatic heterocycles. The van der Waals surface area contributed by atoms with Crippen LogP contribution in [0.3, 0.4) is 0 Å². The summed E-state index contributed by atoms with van der Waals surface area (Å²) < 4.78 is 17.9. The van der Waals surface area contributed by atoms with Gasteiger partial charge >= 0.3 is 0 Å². The zero-order valence-corrected chi connectivity index (χ0v) is 17.1. The quantitative estimate of drug-likeness (QED) is 0.625. The summed E-state index contributed by atoms with van der Waals surface area (Å²) in [5, 5.41) is 11.1. The van der Waals surface area contributed by atoms with Gasteiger partial charge in [-0.15, -0.1) is 0 Å². The first kappa shape index (κ1) is 19.8. The van der Waals surface area contributed by atoms with Crippen LogP contribution in [0, 0.1) is 0 Å². The zero-order valence-electron chi connectivity index (χ0n) is 17.1. The van der Waals surface area contributed by atoms with Crippen LogP contribution in [-0.2, 0) is 6.54 Å². The first-order valence-electron chi connectivity index (χ1n) is 9.60. The molecule has 4 rings (SSSR count). The van der Waals surface area contributed by atoms with Crippen LogP contribution in [0.25, 0.3) is 11.3 Å². The number of hydrogen-bond acceptors (Lipinski definition) is 6. The molecule has 30 heavy (non-hydrogen) atoms. The number of fused-ring (bicyclic) bond motifs is 1. The third-order valence-electron chi connectivity index (χ3n) is 5.10. The molecule has 0 spiro atoms. The Balaban J connectivity index is 1.60. The smallest absolute Gasteiger partial charge is 0.269 e. The normalized spacial score (nSPS) is 15.3. The van der Waals surface area contributed by atoms with Crippen LogP contribution < -0.4 is 24.8 Å². The van der Waals surface area contributed by atoms with Crippen LogP contribution in [0.2, 0.25) is 0 Å². The molecule has 0 fully saturated rings. The van der Waals surface area contributed by atoms with E-state index in [1.807, 2.05) is 42.5 Å². The van der Waals surface area contributed by atoms with E-state index in [2.05, 4.69) is 10.6 Å². The molecule has 1 amide bonds. The summed E-state index contributed by atoms with van der Waals surface area (Å²) in [6.07, 6.45) is -0.201. The number of rotatable bonds is 7. The van der Waals surface area contributed by atoms with Gasteiger partial charge in [-0.05, 0) is 24.3 Å². The number of amides is 1. The van der Waals surface area contributed by atoms with Crippen LogP contribution >= 0.6 is 0 Å². The van der Waals surface area contributed by atoms with Crippen LogP contribution in [0.5, 0.6) is 17.2 Å². The summed E-state index contributed by atoms with van der Waals surface area (Å²) >= 11 is 0. The molecule has 8 heteroatoms. The second-order valence-electron chi connectivity index (χ2n) is 6.85. The minimum atomic E-state index is -0.201. The van der Waals surface area contributed by atoms with Crippen molar-refractivity contribution in [2.24, 2.45) is 0 Å². The van der Waals surface area contributed by atoms with Gasteiger partial charge in [0.05, 0.1) is 33.6 Å². The van der Waals surface area contributed by atoms with Gasteiger partial charge in [-0.2, -0.15) is 5.10 Å². The molecule has 8 nitrogen and oxygen atoms in total. The Labute approximate surface area is 174 Å². The lowest BCUT2D eigenvalue weighted by Crippen LogP contribution is -2.45. The molecule has 2 N–H and O–H groups in total. The third-order valence-corrected chi connectivity index (χ3v) is 5.10. The summed E-state index contributed by atoms with van der Waals surface area (Å²) in [4.78, 5) is 12.4. The highest BCUT2D eigenvalue weighted by molar-refractivity contribution is 5.94. The molecular weight excluding hydrogens is 384 g/mol. The van der Waals surface area contributed by atoms with Gasteiger partial charge < -0.3 is 19.5 Å². The minimum absolute atomic E-state index is 0.145. The van der Waals surface area contributed by atoms with Gasteiger partial charge in [0.25, 0.3) is 5.91 Å². The fourth-order valence-corrected chi connectivity index (χ4v) is 3.57. The predicted molar refractivity (Wildman–Crippen MR) is 112 cm³/mol. The summed E-state index contributed by atoms with van der Waals surface area (Å²) in [6, 6.07) is 15.2. The van der Waals surface area contributed by atoms with E-state index in [9.17, 15) is 4.79 Å². The molecule has 0 bridgehead atoms. The molecule has 156 valence electrons. The molecule has 1 aliphatic rings. The molecule has 1 atom stereocenters. The maximum atomic E-state index is 12.4. The van der Waals surface area contributed by atoms with Gasteiger partial charge in [-0.3, -0.25) is 10.1 Å². The van der Waals surface area contributed by atoms with E-state index in [0.717, 1.165) is 16.9 Å². The van der Waals surface area contributed by atoms with Crippen molar-refractivity contribution in [3.63, 3.8) is 0 Å². The van der Waals surface area contributed by atoms with Crippen molar-refractivity contribution in [3.05, 3.63) is 59.8 Å². The topological polar surface area (TPSA) is 86.6 Å². The first-order valence-corrected chi connectivity index (χ1v) is 9.60. The number of methoxy groups -OCH3 is 3.